The van der Waals surface area contributed by atoms with Crippen LogP contribution in [0.15, 0.2) is 71.6 Å². The first-order valence-electron chi connectivity index (χ1n) is 9.33. The summed E-state index contributed by atoms with van der Waals surface area (Å²) in [6.45, 7) is -0.494. The molecule has 0 aliphatic carbocycles. The lowest BCUT2D eigenvalue weighted by atomic mass is 10.2. The monoisotopic (exact) mass is 512 g/mol. The smallest absolute Gasteiger partial charge is 0.245 e. The fourth-order valence-corrected chi connectivity index (χ4v) is 5.31. The summed E-state index contributed by atoms with van der Waals surface area (Å²) >= 11 is 18.2. The molecule has 3 rings (SSSR count). The average Bonchev–Trinajstić information content (AvgIpc) is 2.75. The van der Waals surface area contributed by atoms with Gasteiger partial charge < -0.3 is 10.1 Å². The maximum absolute atomic E-state index is 13.4. The summed E-state index contributed by atoms with van der Waals surface area (Å²) in [5.74, 6) is -0.0996. The number of carbonyl (C=O) groups is 1. The number of nitrogens with one attached hydrogen (secondary N) is 1. The highest BCUT2D eigenvalue weighted by atomic mass is 35.5. The second-order valence-corrected chi connectivity index (χ2v) is 9.89. The van der Waals surface area contributed by atoms with Crippen molar-refractivity contribution in [3.63, 3.8) is 0 Å². The third kappa shape index (κ3) is 5.94. The van der Waals surface area contributed by atoms with Crippen molar-refractivity contribution in [2.24, 2.45) is 0 Å². The number of benzene rings is 3. The lowest BCUT2D eigenvalue weighted by Gasteiger charge is -2.23. The molecule has 0 unspecified atom stereocenters. The Morgan fingerprint density at radius 3 is 2.34 bits per heavy atom. The van der Waals surface area contributed by atoms with Crippen LogP contribution in [-0.4, -0.2) is 32.3 Å². The van der Waals surface area contributed by atoms with Crippen molar-refractivity contribution >= 4 is 56.4 Å². The van der Waals surface area contributed by atoms with Crippen molar-refractivity contribution in [2.45, 2.75) is 11.4 Å². The number of anilines is 1. The molecule has 0 heterocycles. The summed E-state index contributed by atoms with van der Waals surface area (Å²) in [4.78, 5) is 12.6. The first kappa shape index (κ1) is 24.4. The third-order valence-electron chi connectivity index (χ3n) is 4.47. The van der Waals surface area contributed by atoms with E-state index >= 15 is 0 Å². The van der Waals surface area contributed by atoms with Gasteiger partial charge in [-0.1, -0.05) is 65.1 Å². The zero-order chi connectivity index (χ0) is 23.3. The summed E-state index contributed by atoms with van der Waals surface area (Å²) in [6.07, 6.45) is 0. The van der Waals surface area contributed by atoms with Crippen LogP contribution in [0, 0.1) is 0 Å². The molecule has 0 fully saturated rings. The molecule has 0 bridgehead atoms. The summed E-state index contributed by atoms with van der Waals surface area (Å²) in [7, 11) is -2.67. The Morgan fingerprint density at radius 2 is 1.69 bits per heavy atom. The molecule has 168 valence electrons. The molecule has 10 heteroatoms. The number of sulfonamides is 1. The van der Waals surface area contributed by atoms with Crippen LogP contribution in [0.5, 0.6) is 5.75 Å². The normalized spacial score (nSPS) is 11.4. The highest BCUT2D eigenvalue weighted by Crippen LogP contribution is 2.29. The number of methoxy groups -OCH3 is 1. The molecule has 0 saturated carbocycles. The zero-order valence-corrected chi connectivity index (χ0v) is 20.0. The number of hydrogen-bond acceptors (Lipinski definition) is 4. The van der Waals surface area contributed by atoms with Crippen LogP contribution in [0.4, 0.5) is 5.69 Å². The van der Waals surface area contributed by atoms with Crippen molar-refractivity contribution in [1.29, 1.82) is 0 Å². The first-order valence-corrected chi connectivity index (χ1v) is 11.9. The topological polar surface area (TPSA) is 75.7 Å². The average molecular weight is 514 g/mol. The fraction of sp³-hybridized carbons (Fsp3) is 0.136. The number of halogens is 3. The summed E-state index contributed by atoms with van der Waals surface area (Å²) in [5, 5.41) is 3.19. The second kappa shape index (κ2) is 10.6. The molecule has 0 atom stereocenters. The van der Waals surface area contributed by atoms with E-state index in [1.807, 2.05) is 6.07 Å². The lowest BCUT2D eigenvalue weighted by molar-refractivity contribution is -0.116. The predicted octanol–water partition coefficient (Wildman–Crippen LogP) is 5.49. The molecule has 6 nitrogen and oxygen atoms in total. The largest absolute Gasteiger partial charge is 0.495 e. The minimum absolute atomic E-state index is 0.00908. The van der Waals surface area contributed by atoms with E-state index in [1.54, 1.807) is 36.4 Å². The number of amides is 1. The van der Waals surface area contributed by atoms with Crippen molar-refractivity contribution in [1.82, 2.24) is 4.31 Å². The number of rotatable bonds is 8. The van der Waals surface area contributed by atoms with Crippen molar-refractivity contribution in [3.8, 4) is 5.75 Å². The van der Waals surface area contributed by atoms with E-state index in [2.05, 4.69) is 5.32 Å². The van der Waals surface area contributed by atoms with Crippen molar-refractivity contribution in [2.75, 3.05) is 19.0 Å². The van der Waals surface area contributed by atoms with Gasteiger partial charge in [-0.15, -0.1) is 0 Å². The van der Waals surface area contributed by atoms with Gasteiger partial charge in [-0.05, 0) is 42.0 Å². The van der Waals surface area contributed by atoms with Gasteiger partial charge in [0.2, 0.25) is 15.9 Å². The molecule has 0 radical (unpaired) electrons. The highest BCUT2D eigenvalue weighted by Gasteiger charge is 2.29. The van der Waals surface area contributed by atoms with Crippen molar-refractivity contribution in [3.05, 3.63) is 87.4 Å². The van der Waals surface area contributed by atoms with Gasteiger partial charge in [0.05, 0.1) is 23.7 Å². The minimum atomic E-state index is -4.15. The number of hydrogen-bond donors (Lipinski definition) is 1. The molecule has 0 saturated heterocycles. The quantitative estimate of drug-likeness (QED) is 0.432. The molecule has 0 aliphatic heterocycles. The van der Waals surface area contributed by atoms with Crippen LogP contribution in [0.1, 0.15) is 5.56 Å². The Bertz CT molecular complexity index is 1220. The molecule has 0 spiro atoms. The van der Waals surface area contributed by atoms with E-state index in [9.17, 15) is 13.2 Å². The molecule has 1 N–H and O–H groups in total. The maximum Gasteiger partial charge on any atom is 0.245 e. The Hall–Kier alpha value is -2.29. The van der Waals surface area contributed by atoms with Crippen LogP contribution in [0.2, 0.25) is 15.1 Å². The molecular weight excluding hydrogens is 495 g/mol. The SMILES string of the molecule is COc1ccc(NC(=O)CN(Cc2ccccc2)S(=O)(=O)c2cc(Cl)ccc2Cl)cc1Cl. The van der Waals surface area contributed by atoms with E-state index in [0.717, 1.165) is 4.31 Å². The zero-order valence-electron chi connectivity index (χ0n) is 16.9. The highest BCUT2D eigenvalue weighted by molar-refractivity contribution is 7.89. The molecule has 3 aromatic rings. The Kier molecular flexibility index (Phi) is 8.03. The van der Waals surface area contributed by atoms with Crippen molar-refractivity contribution < 1.29 is 17.9 Å². The maximum atomic E-state index is 13.4. The first-order chi connectivity index (χ1) is 15.2. The summed E-state index contributed by atoms with van der Waals surface area (Å²) in [6, 6.07) is 17.8. The lowest BCUT2D eigenvalue weighted by Crippen LogP contribution is -2.37. The van der Waals surface area contributed by atoms with E-state index in [-0.39, 0.29) is 21.5 Å². The van der Waals surface area contributed by atoms with Gasteiger partial charge in [0.1, 0.15) is 10.6 Å². The van der Waals surface area contributed by atoms with Gasteiger partial charge in [-0.3, -0.25) is 4.79 Å². The van der Waals surface area contributed by atoms with Gasteiger partial charge in [-0.25, -0.2) is 8.42 Å². The molecule has 32 heavy (non-hydrogen) atoms. The Morgan fingerprint density at radius 1 is 0.969 bits per heavy atom. The van der Waals surface area contributed by atoms with Gasteiger partial charge in [0.15, 0.2) is 0 Å². The molecule has 1 amide bonds. The minimum Gasteiger partial charge on any atom is -0.495 e. The van der Waals surface area contributed by atoms with Gasteiger partial charge in [0, 0.05) is 17.3 Å². The van der Waals surface area contributed by atoms with E-state index < -0.39 is 22.5 Å². The molecule has 3 aromatic carbocycles. The third-order valence-corrected chi connectivity index (χ3v) is 7.27. The number of carbonyl (C=O) groups excluding carboxylic acids is 1. The number of ether oxygens (including phenoxy) is 1. The molecular formula is C22H19Cl3N2O4S. The standard InChI is InChI=1S/C22H19Cl3N2O4S/c1-31-20-10-8-17(12-19(20)25)26-22(28)14-27(13-15-5-3-2-4-6-15)32(29,30)21-11-16(23)7-9-18(21)24/h2-12H,13-14H2,1H3,(H,26,28). The Labute approximate surface area is 201 Å². The Balaban J connectivity index is 1.90. The van der Waals surface area contributed by atoms with E-state index in [1.165, 1.54) is 31.4 Å². The van der Waals surface area contributed by atoms with Crippen LogP contribution in [0.25, 0.3) is 0 Å². The van der Waals surface area contributed by atoms with Gasteiger partial charge in [-0.2, -0.15) is 4.31 Å². The molecule has 0 aromatic heterocycles. The summed E-state index contributed by atoms with van der Waals surface area (Å²) in [5.41, 5.74) is 1.10. The van der Waals surface area contributed by atoms with Gasteiger partial charge >= 0.3 is 0 Å². The van der Waals surface area contributed by atoms with Crippen LogP contribution >= 0.6 is 34.8 Å². The van der Waals surface area contributed by atoms with Crippen LogP contribution < -0.4 is 10.1 Å². The second-order valence-electron chi connectivity index (χ2n) is 6.73. The number of nitrogens with zero attached hydrogens (tertiary/aromatic N) is 1. The van der Waals surface area contributed by atoms with Crippen LogP contribution in [-0.2, 0) is 21.4 Å². The fourth-order valence-electron chi connectivity index (χ4n) is 2.93. The van der Waals surface area contributed by atoms with E-state index in [0.29, 0.717) is 22.0 Å². The van der Waals surface area contributed by atoms with E-state index in [4.69, 9.17) is 39.5 Å². The van der Waals surface area contributed by atoms with Gasteiger partial charge in [0.25, 0.3) is 0 Å². The summed E-state index contributed by atoms with van der Waals surface area (Å²) < 4.78 is 32.9. The predicted molar refractivity (Wildman–Crippen MR) is 127 cm³/mol. The molecule has 0 aliphatic rings. The van der Waals surface area contributed by atoms with Crippen LogP contribution in [0.3, 0.4) is 0 Å².